The van der Waals surface area contributed by atoms with Gasteiger partial charge in [-0.3, -0.25) is 0 Å². The van der Waals surface area contributed by atoms with Crippen LogP contribution in [0, 0.1) is 0 Å². The number of H-pyrrole nitrogens is 1. The van der Waals surface area contributed by atoms with Gasteiger partial charge in [0.05, 0.1) is 11.0 Å². The van der Waals surface area contributed by atoms with Crippen LogP contribution in [0.15, 0.2) is 45.3 Å². The first kappa shape index (κ1) is 12.2. The number of hydrogen-bond acceptors (Lipinski definition) is 1. The van der Waals surface area contributed by atoms with E-state index in [9.17, 15) is 0 Å². The van der Waals surface area contributed by atoms with Crippen LogP contribution in [0.25, 0.3) is 22.4 Å². The molecular formula is C13H7Br2ClN2. The van der Waals surface area contributed by atoms with E-state index in [1.165, 1.54) is 0 Å². The Balaban J connectivity index is 2.19. The van der Waals surface area contributed by atoms with Crippen LogP contribution >= 0.6 is 43.5 Å². The normalized spacial score (nSPS) is 11.1. The van der Waals surface area contributed by atoms with Crippen molar-refractivity contribution < 1.29 is 0 Å². The van der Waals surface area contributed by atoms with Gasteiger partial charge in [-0.15, -0.1) is 0 Å². The van der Waals surface area contributed by atoms with Crippen molar-refractivity contribution in [3.8, 4) is 11.4 Å². The Morgan fingerprint density at radius 3 is 2.67 bits per heavy atom. The molecule has 2 aromatic carbocycles. The number of aromatic amines is 1. The lowest BCUT2D eigenvalue weighted by Gasteiger charge is -2.00. The Bertz CT molecular complexity index is 737. The van der Waals surface area contributed by atoms with Crippen LogP contribution in [0.4, 0.5) is 0 Å². The van der Waals surface area contributed by atoms with Crippen molar-refractivity contribution in [2.45, 2.75) is 0 Å². The van der Waals surface area contributed by atoms with E-state index in [4.69, 9.17) is 11.6 Å². The highest BCUT2D eigenvalue weighted by atomic mass is 79.9. The molecule has 2 nitrogen and oxygen atoms in total. The Morgan fingerprint density at radius 1 is 1.06 bits per heavy atom. The van der Waals surface area contributed by atoms with Gasteiger partial charge in [-0.25, -0.2) is 4.98 Å². The zero-order chi connectivity index (χ0) is 12.7. The maximum Gasteiger partial charge on any atom is 0.139 e. The lowest BCUT2D eigenvalue weighted by Crippen LogP contribution is -1.82. The third-order valence-corrected chi connectivity index (χ3v) is 4.01. The van der Waals surface area contributed by atoms with Crippen molar-refractivity contribution in [1.29, 1.82) is 0 Å². The summed E-state index contributed by atoms with van der Waals surface area (Å²) >= 11 is 12.9. The van der Waals surface area contributed by atoms with Crippen molar-refractivity contribution in [2.75, 3.05) is 0 Å². The summed E-state index contributed by atoms with van der Waals surface area (Å²) in [5.41, 5.74) is 2.86. The number of rotatable bonds is 1. The minimum absolute atomic E-state index is 0.701. The van der Waals surface area contributed by atoms with E-state index in [0.717, 1.165) is 31.4 Å². The molecule has 3 rings (SSSR count). The van der Waals surface area contributed by atoms with E-state index >= 15 is 0 Å². The molecule has 0 unspecified atom stereocenters. The maximum absolute atomic E-state index is 5.96. The second-order valence-corrected chi connectivity index (χ2v) is 6.08. The molecule has 90 valence electrons. The predicted molar refractivity (Wildman–Crippen MR) is 81.9 cm³/mol. The van der Waals surface area contributed by atoms with E-state index in [1.54, 1.807) is 0 Å². The number of fused-ring (bicyclic) bond motifs is 1. The number of imidazole rings is 1. The highest BCUT2D eigenvalue weighted by Gasteiger charge is 2.09. The van der Waals surface area contributed by atoms with Gasteiger partial charge in [0.1, 0.15) is 5.82 Å². The fraction of sp³-hybridized carbons (Fsp3) is 0. The summed E-state index contributed by atoms with van der Waals surface area (Å²) in [6, 6.07) is 11.6. The summed E-state index contributed by atoms with van der Waals surface area (Å²) in [7, 11) is 0. The molecule has 0 bridgehead atoms. The second-order valence-electron chi connectivity index (χ2n) is 3.87. The molecule has 0 amide bonds. The SMILES string of the molecule is Clc1ccc2nc(-c3ccc(Br)cc3Br)[nH]c2c1. The van der Waals surface area contributed by atoms with Gasteiger partial charge in [-0.1, -0.05) is 27.5 Å². The summed E-state index contributed by atoms with van der Waals surface area (Å²) < 4.78 is 2.01. The molecule has 0 saturated heterocycles. The van der Waals surface area contributed by atoms with Gasteiger partial charge in [-0.2, -0.15) is 0 Å². The van der Waals surface area contributed by atoms with Gasteiger partial charge in [0, 0.05) is 19.5 Å². The van der Waals surface area contributed by atoms with Crippen LogP contribution < -0.4 is 0 Å². The average molecular weight is 386 g/mol. The molecule has 3 aromatic rings. The molecule has 18 heavy (non-hydrogen) atoms. The molecule has 0 spiro atoms. The van der Waals surface area contributed by atoms with Gasteiger partial charge >= 0.3 is 0 Å². The van der Waals surface area contributed by atoms with Crippen molar-refractivity contribution in [3.63, 3.8) is 0 Å². The third kappa shape index (κ3) is 2.20. The number of aromatic nitrogens is 2. The van der Waals surface area contributed by atoms with Crippen LogP contribution in [-0.4, -0.2) is 9.97 Å². The van der Waals surface area contributed by atoms with Crippen molar-refractivity contribution in [1.82, 2.24) is 9.97 Å². The van der Waals surface area contributed by atoms with Crippen molar-refractivity contribution in [3.05, 3.63) is 50.4 Å². The molecule has 0 radical (unpaired) electrons. The van der Waals surface area contributed by atoms with E-state index in [0.29, 0.717) is 5.02 Å². The number of benzene rings is 2. The van der Waals surface area contributed by atoms with Crippen LogP contribution in [0.3, 0.4) is 0 Å². The Morgan fingerprint density at radius 2 is 1.89 bits per heavy atom. The van der Waals surface area contributed by atoms with Gasteiger partial charge < -0.3 is 4.98 Å². The molecule has 1 N–H and O–H groups in total. The molecule has 0 fully saturated rings. The molecule has 1 heterocycles. The average Bonchev–Trinajstić information content (AvgIpc) is 2.71. The largest absolute Gasteiger partial charge is 0.338 e. The van der Waals surface area contributed by atoms with Crippen LogP contribution in [0.2, 0.25) is 5.02 Å². The molecule has 0 saturated carbocycles. The van der Waals surface area contributed by atoms with Gasteiger partial charge in [-0.05, 0) is 52.3 Å². The van der Waals surface area contributed by atoms with E-state index in [2.05, 4.69) is 41.8 Å². The molecule has 0 aliphatic rings. The molecule has 1 aromatic heterocycles. The van der Waals surface area contributed by atoms with Gasteiger partial charge in [0.25, 0.3) is 0 Å². The van der Waals surface area contributed by atoms with Crippen molar-refractivity contribution >= 4 is 54.5 Å². The van der Waals surface area contributed by atoms with E-state index in [-0.39, 0.29) is 0 Å². The quantitative estimate of drug-likeness (QED) is 0.595. The monoisotopic (exact) mass is 384 g/mol. The minimum atomic E-state index is 0.701. The van der Waals surface area contributed by atoms with Crippen LogP contribution in [0.5, 0.6) is 0 Å². The minimum Gasteiger partial charge on any atom is -0.338 e. The maximum atomic E-state index is 5.96. The fourth-order valence-corrected chi connectivity index (χ4v) is 3.20. The highest BCUT2D eigenvalue weighted by Crippen LogP contribution is 2.30. The first-order valence-corrected chi connectivity index (χ1v) is 7.20. The van der Waals surface area contributed by atoms with Crippen LogP contribution in [-0.2, 0) is 0 Å². The fourth-order valence-electron chi connectivity index (χ4n) is 1.79. The molecule has 0 atom stereocenters. The summed E-state index contributed by atoms with van der Waals surface area (Å²) in [6.45, 7) is 0. The zero-order valence-electron chi connectivity index (χ0n) is 9.05. The highest BCUT2D eigenvalue weighted by molar-refractivity contribution is 9.11. The third-order valence-electron chi connectivity index (χ3n) is 2.63. The van der Waals surface area contributed by atoms with E-state index < -0.39 is 0 Å². The number of nitrogens with one attached hydrogen (secondary N) is 1. The Hall–Kier alpha value is -0.840. The number of halogens is 3. The molecule has 0 aliphatic heterocycles. The molecule has 5 heteroatoms. The summed E-state index contributed by atoms with van der Waals surface area (Å²) in [6.07, 6.45) is 0. The van der Waals surface area contributed by atoms with Crippen molar-refractivity contribution in [2.24, 2.45) is 0 Å². The van der Waals surface area contributed by atoms with Gasteiger partial charge in [0.15, 0.2) is 0 Å². The standard InChI is InChI=1S/C13H7Br2ClN2/c14-7-1-3-9(10(15)5-7)13-17-11-4-2-8(16)6-12(11)18-13/h1-6H,(H,17,18). The smallest absolute Gasteiger partial charge is 0.139 e. The topological polar surface area (TPSA) is 28.7 Å². The summed E-state index contributed by atoms with van der Waals surface area (Å²) in [5.74, 6) is 0.826. The predicted octanol–water partition coefficient (Wildman–Crippen LogP) is 5.41. The lowest BCUT2D eigenvalue weighted by molar-refractivity contribution is 1.33. The first-order chi connectivity index (χ1) is 8.63. The van der Waals surface area contributed by atoms with Crippen LogP contribution in [0.1, 0.15) is 0 Å². The summed E-state index contributed by atoms with van der Waals surface area (Å²) in [5, 5.41) is 0.701. The first-order valence-electron chi connectivity index (χ1n) is 5.24. The number of hydrogen-bond donors (Lipinski definition) is 1. The zero-order valence-corrected chi connectivity index (χ0v) is 13.0. The molecular weight excluding hydrogens is 379 g/mol. The Kier molecular flexibility index (Phi) is 3.18. The summed E-state index contributed by atoms with van der Waals surface area (Å²) in [4.78, 5) is 7.83. The van der Waals surface area contributed by atoms with E-state index in [1.807, 2.05) is 36.4 Å². The molecule has 0 aliphatic carbocycles. The van der Waals surface area contributed by atoms with Gasteiger partial charge in [0.2, 0.25) is 0 Å². The second kappa shape index (κ2) is 4.68. The lowest BCUT2D eigenvalue weighted by atomic mass is 10.2. The Labute approximate surface area is 126 Å². The number of nitrogens with zero attached hydrogens (tertiary/aromatic N) is 1.